The van der Waals surface area contributed by atoms with E-state index in [9.17, 15) is 9.59 Å². The van der Waals surface area contributed by atoms with Gasteiger partial charge in [0, 0.05) is 30.1 Å². The number of rotatable bonds is 8. The number of nitrogens with zero attached hydrogens (tertiary/aromatic N) is 3. The summed E-state index contributed by atoms with van der Waals surface area (Å²) >= 11 is 0. The molecule has 0 aliphatic carbocycles. The number of methoxy groups -OCH3 is 1. The number of carbonyl (C=O) groups excluding carboxylic acids is 2. The number of ether oxygens (including phenoxy) is 2. The SMILES string of the molecule is COc1ccc(-n2cc(N)c(NC(=O)c3ccc(CNC(=O)OCc4cccnc4)cc3)n2)cc1. The van der Waals surface area contributed by atoms with Crippen LogP contribution in [0, 0.1) is 0 Å². The topological polar surface area (TPSA) is 133 Å². The highest BCUT2D eigenvalue weighted by Crippen LogP contribution is 2.21. The van der Waals surface area contributed by atoms with Crippen LogP contribution in [-0.2, 0) is 17.9 Å². The first-order valence-corrected chi connectivity index (χ1v) is 10.7. The molecule has 0 fully saturated rings. The predicted molar refractivity (Wildman–Crippen MR) is 130 cm³/mol. The molecule has 2 aromatic heterocycles. The van der Waals surface area contributed by atoms with Gasteiger partial charge >= 0.3 is 6.09 Å². The smallest absolute Gasteiger partial charge is 0.407 e. The highest BCUT2D eigenvalue weighted by atomic mass is 16.5. The number of anilines is 2. The van der Waals surface area contributed by atoms with Gasteiger partial charge in [-0.1, -0.05) is 18.2 Å². The molecule has 4 aromatic rings. The first-order valence-electron chi connectivity index (χ1n) is 10.7. The maximum atomic E-state index is 12.7. The van der Waals surface area contributed by atoms with Crippen molar-refractivity contribution in [1.29, 1.82) is 0 Å². The van der Waals surface area contributed by atoms with Crippen LogP contribution in [0.3, 0.4) is 0 Å². The molecule has 0 bridgehead atoms. The molecule has 0 radical (unpaired) electrons. The van der Waals surface area contributed by atoms with Gasteiger partial charge in [-0.2, -0.15) is 0 Å². The molecule has 10 heteroatoms. The van der Waals surface area contributed by atoms with Crippen molar-refractivity contribution in [2.45, 2.75) is 13.2 Å². The molecule has 0 saturated carbocycles. The summed E-state index contributed by atoms with van der Waals surface area (Å²) in [6.45, 7) is 0.392. The Morgan fingerprint density at radius 2 is 1.80 bits per heavy atom. The third kappa shape index (κ3) is 6.14. The Hall–Kier alpha value is -4.86. The van der Waals surface area contributed by atoms with Crippen LogP contribution in [0.15, 0.2) is 79.3 Å². The lowest BCUT2D eigenvalue weighted by Crippen LogP contribution is -2.23. The molecule has 0 spiro atoms. The minimum atomic E-state index is -0.543. The minimum absolute atomic E-state index is 0.135. The molecular formula is C25H24N6O4. The summed E-state index contributed by atoms with van der Waals surface area (Å²) in [4.78, 5) is 28.5. The second-order valence-corrected chi connectivity index (χ2v) is 7.52. The number of benzene rings is 2. The Morgan fingerprint density at radius 3 is 2.49 bits per heavy atom. The zero-order valence-corrected chi connectivity index (χ0v) is 19.0. The average molecular weight is 473 g/mol. The van der Waals surface area contributed by atoms with Crippen LogP contribution < -0.4 is 21.1 Å². The monoisotopic (exact) mass is 472 g/mol. The van der Waals surface area contributed by atoms with Crippen molar-refractivity contribution in [3.63, 3.8) is 0 Å². The fourth-order valence-corrected chi connectivity index (χ4v) is 3.16. The lowest BCUT2D eigenvalue weighted by atomic mass is 10.1. The number of pyridine rings is 1. The number of nitrogen functional groups attached to an aromatic ring is 1. The Balaban J connectivity index is 1.30. The standard InChI is InChI=1S/C25H24N6O4/c1-34-21-10-8-20(9-11-21)31-15-22(26)23(30-31)29-24(32)19-6-4-17(5-7-19)14-28-25(33)35-16-18-3-2-12-27-13-18/h2-13,15H,14,16,26H2,1H3,(H,28,33)(H,29,30,32). The number of hydrogen-bond acceptors (Lipinski definition) is 7. The zero-order valence-electron chi connectivity index (χ0n) is 19.0. The van der Waals surface area contributed by atoms with Crippen LogP contribution in [0.5, 0.6) is 5.75 Å². The highest BCUT2D eigenvalue weighted by molar-refractivity contribution is 6.05. The summed E-state index contributed by atoms with van der Waals surface area (Å²) in [5.41, 5.74) is 9.17. The van der Waals surface area contributed by atoms with E-state index in [1.54, 1.807) is 60.7 Å². The molecule has 0 unspecified atom stereocenters. The fraction of sp³-hybridized carbons (Fsp3) is 0.120. The lowest BCUT2D eigenvalue weighted by Gasteiger charge is -2.08. The van der Waals surface area contributed by atoms with Crippen LogP contribution in [0.1, 0.15) is 21.5 Å². The predicted octanol–water partition coefficient (Wildman–Crippen LogP) is 3.54. The Labute approximate surface area is 201 Å². The van der Waals surface area contributed by atoms with Crippen LogP contribution in [0.25, 0.3) is 5.69 Å². The zero-order chi connectivity index (χ0) is 24.6. The molecule has 4 rings (SSSR count). The molecule has 0 saturated heterocycles. The summed E-state index contributed by atoms with van der Waals surface area (Å²) in [6.07, 6.45) is 4.37. The van der Waals surface area contributed by atoms with E-state index in [-0.39, 0.29) is 24.9 Å². The van der Waals surface area contributed by atoms with Gasteiger partial charge in [0.05, 0.1) is 24.7 Å². The average Bonchev–Trinajstić information content (AvgIpc) is 3.27. The van der Waals surface area contributed by atoms with Gasteiger partial charge in [-0.25, -0.2) is 9.48 Å². The van der Waals surface area contributed by atoms with Crippen molar-refractivity contribution in [2.75, 3.05) is 18.2 Å². The number of aromatic nitrogens is 3. The fourth-order valence-electron chi connectivity index (χ4n) is 3.16. The second kappa shape index (κ2) is 10.8. The van der Waals surface area contributed by atoms with Crippen molar-refractivity contribution in [3.8, 4) is 11.4 Å². The molecule has 35 heavy (non-hydrogen) atoms. The van der Waals surface area contributed by atoms with Crippen molar-refractivity contribution in [3.05, 3.63) is 95.9 Å². The summed E-state index contributed by atoms with van der Waals surface area (Å²) < 4.78 is 11.9. The van der Waals surface area contributed by atoms with Gasteiger partial charge in [-0.15, -0.1) is 5.10 Å². The first kappa shape index (κ1) is 23.3. The Morgan fingerprint density at radius 1 is 1.03 bits per heavy atom. The van der Waals surface area contributed by atoms with E-state index in [1.165, 1.54) is 0 Å². The molecule has 2 amide bonds. The molecule has 0 atom stereocenters. The van der Waals surface area contributed by atoms with Crippen molar-refractivity contribution in [1.82, 2.24) is 20.1 Å². The molecule has 4 N–H and O–H groups in total. The van der Waals surface area contributed by atoms with Gasteiger partial charge < -0.3 is 25.8 Å². The van der Waals surface area contributed by atoms with Crippen molar-refractivity contribution < 1.29 is 19.1 Å². The molecule has 10 nitrogen and oxygen atoms in total. The van der Waals surface area contributed by atoms with Crippen LogP contribution in [-0.4, -0.2) is 33.9 Å². The van der Waals surface area contributed by atoms with Crippen LogP contribution in [0.2, 0.25) is 0 Å². The van der Waals surface area contributed by atoms with Gasteiger partial charge in [-0.3, -0.25) is 9.78 Å². The molecule has 2 heterocycles. The van der Waals surface area contributed by atoms with E-state index in [2.05, 4.69) is 20.7 Å². The van der Waals surface area contributed by atoms with E-state index >= 15 is 0 Å². The van der Waals surface area contributed by atoms with Crippen molar-refractivity contribution >= 4 is 23.5 Å². The van der Waals surface area contributed by atoms with Gasteiger partial charge in [0.1, 0.15) is 12.4 Å². The summed E-state index contributed by atoms with van der Waals surface area (Å²) in [5.74, 6) is 0.627. The third-order valence-electron chi connectivity index (χ3n) is 5.06. The lowest BCUT2D eigenvalue weighted by molar-refractivity contribution is 0.102. The van der Waals surface area contributed by atoms with E-state index in [0.717, 1.165) is 22.6 Å². The number of alkyl carbamates (subject to hydrolysis) is 1. The first-order chi connectivity index (χ1) is 17.0. The Kier molecular flexibility index (Phi) is 7.22. The summed E-state index contributed by atoms with van der Waals surface area (Å²) in [5, 5.41) is 9.76. The maximum absolute atomic E-state index is 12.7. The normalized spacial score (nSPS) is 10.4. The third-order valence-corrected chi connectivity index (χ3v) is 5.06. The Bertz CT molecular complexity index is 1290. The number of amides is 2. The van der Waals surface area contributed by atoms with Gasteiger partial charge in [-0.05, 0) is 48.0 Å². The highest BCUT2D eigenvalue weighted by Gasteiger charge is 2.13. The minimum Gasteiger partial charge on any atom is -0.497 e. The second-order valence-electron chi connectivity index (χ2n) is 7.52. The van der Waals surface area contributed by atoms with Crippen LogP contribution >= 0.6 is 0 Å². The van der Waals surface area contributed by atoms with Crippen LogP contribution in [0.4, 0.5) is 16.3 Å². The van der Waals surface area contributed by atoms with Gasteiger partial charge in [0.25, 0.3) is 5.91 Å². The largest absolute Gasteiger partial charge is 0.497 e. The van der Waals surface area contributed by atoms with E-state index < -0.39 is 6.09 Å². The maximum Gasteiger partial charge on any atom is 0.407 e. The number of hydrogen-bond donors (Lipinski definition) is 3. The summed E-state index contributed by atoms with van der Waals surface area (Å²) in [6, 6.07) is 17.7. The summed E-state index contributed by atoms with van der Waals surface area (Å²) in [7, 11) is 1.59. The molecule has 0 aliphatic heterocycles. The quantitative estimate of drug-likeness (QED) is 0.357. The molecule has 2 aromatic carbocycles. The van der Waals surface area contributed by atoms with E-state index in [1.807, 2.05) is 30.3 Å². The van der Waals surface area contributed by atoms with Gasteiger partial charge in [0.2, 0.25) is 0 Å². The van der Waals surface area contributed by atoms with Gasteiger partial charge in [0.15, 0.2) is 5.82 Å². The molecule has 0 aliphatic rings. The molecule has 178 valence electrons. The van der Waals surface area contributed by atoms with E-state index in [0.29, 0.717) is 11.3 Å². The number of nitrogens with one attached hydrogen (secondary N) is 2. The number of carbonyl (C=O) groups is 2. The van der Waals surface area contributed by atoms with E-state index in [4.69, 9.17) is 15.2 Å². The number of nitrogens with two attached hydrogens (primary N) is 1. The molecular weight excluding hydrogens is 448 g/mol. The van der Waals surface area contributed by atoms with Crippen molar-refractivity contribution in [2.24, 2.45) is 0 Å².